The predicted molar refractivity (Wildman–Crippen MR) is 85.4 cm³/mol. The van der Waals surface area contributed by atoms with Gasteiger partial charge in [0.2, 0.25) is 5.91 Å². The first kappa shape index (κ1) is 15.8. The monoisotopic (exact) mass is 310 g/mol. The average Bonchev–Trinajstić information content (AvgIpc) is 2.37. The molecule has 0 radical (unpaired) electrons. The van der Waals surface area contributed by atoms with Gasteiger partial charge in [-0.05, 0) is 38.0 Å². The standard InChI is InChI=1S/C15H22N2O3S/c1-12(11-21(2,19)20)16-13-6-5-7-14(10-13)17-9-4-3-8-15(17)18/h5-7,10,12,16H,3-4,8-9,11H2,1-2H3. The molecule has 1 heterocycles. The fraction of sp³-hybridized carbons (Fsp3) is 0.533. The Balaban J connectivity index is 2.08. The Labute approximate surface area is 126 Å². The first-order valence-electron chi connectivity index (χ1n) is 7.20. The smallest absolute Gasteiger partial charge is 0.226 e. The SMILES string of the molecule is CC(CS(C)(=O)=O)Nc1cccc(N2CCCCC2=O)c1. The van der Waals surface area contributed by atoms with E-state index >= 15 is 0 Å². The first-order valence-corrected chi connectivity index (χ1v) is 9.26. The Morgan fingerprint density at radius 3 is 2.76 bits per heavy atom. The molecule has 1 amide bonds. The van der Waals surface area contributed by atoms with Gasteiger partial charge in [-0.15, -0.1) is 0 Å². The zero-order valence-corrected chi connectivity index (χ0v) is 13.3. The fourth-order valence-electron chi connectivity index (χ4n) is 2.62. The molecule has 1 fully saturated rings. The summed E-state index contributed by atoms with van der Waals surface area (Å²) in [6.07, 6.45) is 3.81. The van der Waals surface area contributed by atoms with Crippen molar-refractivity contribution < 1.29 is 13.2 Å². The maximum absolute atomic E-state index is 11.9. The lowest BCUT2D eigenvalue weighted by atomic mass is 10.1. The van der Waals surface area contributed by atoms with Crippen LogP contribution in [-0.4, -0.2) is 38.9 Å². The van der Waals surface area contributed by atoms with E-state index in [-0.39, 0.29) is 17.7 Å². The number of carbonyl (C=O) groups is 1. The molecule has 6 heteroatoms. The quantitative estimate of drug-likeness (QED) is 0.904. The third-order valence-corrected chi connectivity index (χ3v) is 4.55. The molecule has 1 aliphatic heterocycles. The zero-order valence-electron chi connectivity index (χ0n) is 12.5. The summed E-state index contributed by atoms with van der Waals surface area (Å²) >= 11 is 0. The Bertz CT molecular complexity index is 613. The van der Waals surface area contributed by atoms with E-state index in [4.69, 9.17) is 0 Å². The van der Waals surface area contributed by atoms with Gasteiger partial charge >= 0.3 is 0 Å². The van der Waals surface area contributed by atoms with Gasteiger partial charge in [0.1, 0.15) is 9.84 Å². The van der Waals surface area contributed by atoms with Crippen molar-refractivity contribution in [3.05, 3.63) is 24.3 Å². The van der Waals surface area contributed by atoms with E-state index in [9.17, 15) is 13.2 Å². The van der Waals surface area contributed by atoms with Crippen molar-refractivity contribution in [1.82, 2.24) is 0 Å². The normalized spacial score (nSPS) is 17.6. The molecule has 5 nitrogen and oxygen atoms in total. The van der Waals surface area contributed by atoms with Crippen molar-refractivity contribution in [2.24, 2.45) is 0 Å². The zero-order chi connectivity index (χ0) is 15.5. The maximum Gasteiger partial charge on any atom is 0.226 e. The molecule has 1 aliphatic rings. The van der Waals surface area contributed by atoms with Gasteiger partial charge in [-0.3, -0.25) is 4.79 Å². The highest BCUT2D eigenvalue weighted by Crippen LogP contribution is 2.24. The molecular weight excluding hydrogens is 288 g/mol. The lowest BCUT2D eigenvalue weighted by Gasteiger charge is -2.27. The van der Waals surface area contributed by atoms with Gasteiger partial charge < -0.3 is 10.2 Å². The number of amides is 1. The van der Waals surface area contributed by atoms with Crippen LogP contribution in [0.5, 0.6) is 0 Å². The van der Waals surface area contributed by atoms with Crippen LogP contribution < -0.4 is 10.2 Å². The van der Waals surface area contributed by atoms with Crippen LogP contribution in [0.1, 0.15) is 26.2 Å². The van der Waals surface area contributed by atoms with Crippen molar-refractivity contribution >= 4 is 27.1 Å². The van der Waals surface area contributed by atoms with E-state index in [1.807, 2.05) is 31.2 Å². The second-order valence-corrected chi connectivity index (χ2v) is 7.88. The van der Waals surface area contributed by atoms with Crippen molar-refractivity contribution in [2.75, 3.05) is 28.8 Å². The van der Waals surface area contributed by atoms with Crippen LogP contribution in [0.4, 0.5) is 11.4 Å². The first-order chi connectivity index (χ1) is 9.85. The molecule has 2 rings (SSSR count). The third-order valence-electron chi connectivity index (χ3n) is 3.45. The maximum atomic E-state index is 11.9. The van der Waals surface area contributed by atoms with E-state index in [0.29, 0.717) is 6.42 Å². The predicted octanol–water partition coefficient (Wildman–Crippen LogP) is 2.05. The molecule has 1 unspecified atom stereocenters. The molecule has 1 atom stereocenters. The molecule has 0 saturated carbocycles. The Morgan fingerprint density at radius 1 is 1.33 bits per heavy atom. The van der Waals surface area contributed by atoms with Crippen molar-refractivity contribution in [3.63, 3.8) is 0 Å². The lowest BCUT2D eigenvalue weighted by Crippen LogP contribution is -2.35. The van der Waals surface area contributed by atoms with Gasteiger partial charge in [0, 0.05) is 36.6 Å². The summed E-state index contributed by atoms with van der Waals surface area (Å²) in [7, 11) is -3.01. The van der Waals surface area contributed by atoms with E-state index in [2.05, 4.69) is 5.32 Å². The van der Waals surface area contributed by atoms with Crippen LogP contribution in [0.25, 0.3) is 0 Å². The molecule has 1 N–H and O–H groups in total. The number of carbonyl (C=O) groups excluding carboxylic acids is 1. The Kier molecular flexibility index (Phi) is 4.88. The van der Waals surface area contributed by atoms with Crippen LogP contribution in [-0.2, 0) is 14.6 Å². The van der Waals surface area contributed by atoms with Gasteiger partial charge in [-0.25, -0.2) is 8.42 Å². The second kappa shape index (κ2) is 6.47. The largest absolute Gasteiger partial charge is 0.382 e. The average molecular weight is 310 g/mol. The van der Waals surface area contributed by atoms with E-state index in [1.54, 1.807) is 4.90 Å². The van der Waals surface area contributed by atoms with Gasteiger partial charge in [-0.1, -0.05) is 6.07 Å². The molecule has 21 heavy (non-hydrogen) atoms. The van der Waals surface area contributed by atoms with Crippen molar-refractivity contribution in [3.8, 4) is 0 Å². The summed E-state index contributed by atoms with van der Waals surface area (Å²) < 4.78 is 22.6. The fourth-order valence-corrected chi connectivity index (χ4v) is 3.61. The van der Waals surface area contributed by atoms with E-state index < -0.39 is 9.84 Å². The summed E-state index contributed by atoms with van der Waals surface area (Å²) in [6, 6.07) is 7.41. The van der Waals surface area contributed by atoms with Gasteiger partial charge in [0.25, 0.3) is 0 Å². The van der Waals surface area contributed by atoms with Gasteiger partial charge in [0.15, 0.2) is 0 Å². The minimum atomic E-state index is -3.01. The number of rotatable bonds is 5. The number of sulfone groups is 1. The van der Waals surface area contributed by atoms with Crippen molar-refractivity contribution in [1.29, 1.82) is 0 Å². The number of hydrogen-bond donors (Lipinski definition) is 1. The molecule has 1 aromatic rings. The molecule has 1 aromatic carbocycles. The summed E-state index contributed by atoms with van der Waals surface area (Å²) in [5.74, 6) is 0.238. The molecule has 0 aliphatic carbocycles. The number of hydrogen-bond acceptors (Lipinski definition) is 4. The van der Waals surface area contributed by atoms with E-state index in [1.165, 1.54) is 6.26 Å². The summed E-state index contributed by atoms with van der Waals surface area (Å²) in [4.78, 5) is 13.7. The van der Waals surface area contributed by atoms with Crippen LogP contribution >= 0.6 is 0 Å². The molecule has 0 aromatic heterocycles. The number of piperidine rings is 1. The molecule has 1 saturated heterocycles. The third kappa shape index (κ3) is 4.74. The number of nitrogens with one attached hydrogen (secondary N) is 1. The Hall–Kier alpha value is -1.56. The van der Waals surface area contributed by atoms with Crippen LogP contribution in [0.2, 0.25) is 0 Å². The van der Waals surface area contributed by atoms with Gasteiger partial charge in [0.05, 0.1) is 5.75 Å². The van der Waals surface area contributed by atoms with Crippen LogP contribution in [0, 0.1) is 0 Å². The molecular formula is C15H22N2O3S. The van der Waals surface area contributed by atoms with Crippen LogP contribution in [0.15, 0.2) is 24.3 Å². The highest BCUT2D eigenvalue weighted by atomic mass is 32.2. The van der Waals surface area contributed by atoms with E-state index in [0.717, 1.165) is 30.8 Å². The summed E-state index contributed by atoms with van der Waals surface area (Å²) in [6.45, 7) is 2.58. The molecule has 116 valence electrons. The van der Waals surface area contributed by atoms with Gasteiger partial charge in [-0.2, -0.15) is 0 Å². The highest BCUT2D eigenvalue weighted by molar-refractivity contribution is 7.90. The summed E-state index contributed by atoms with van der Waals surface area (Å²) in [5, 5.41) is 3.18. The van der Waals surface area contributed by atoms with Crippen molar-refractivity contribution in [2.45, 2.75) is 32.2 Å². The topological polar surface area (TPSA) is 66.5 Å². The molecule has 0 bridgehead atoms. The number of anilines is 2. The minimum absolute atomic E-state index is 0.0832. The molecule has 0 spiro atoms. The number of benzene rings is 1. The highest BCUT2D eigenvalue weighted by Gasteiger charge is 2.19. The minimum Gasteiger partial charge on any atom is -0.382 e. The van der Waals surface area contributed by atoms with Crippen LogP contribution in [0.3, 0.4) is 0 Å². The second-order valence-electron chi connectivity index (χ2n) is 5.69. The number of nitrogens with zero attached hydrogens (tertiary/aromatic N) is 1. The Morgan fingerprint density at radius 2 is 2.10 bits per heavy atom. The lowest BCUT2D eigenvalue weighted by molar-refractivity contribution is -0.119. The summed E-state index contributed by atoms with van der Waals surface area (Å²) in [5.41, 5.74) is 1.71.